The van der Waals surface area contributed by atoms with E-state index in [2.05, 4.69) is 10.6 Å². The largest absolute Gasteiger partial charge is 0.348 e. The van der Waals surface area contributed by atoms with E-state index in [1.54, 1.807) is 29.4 Å². The zero-order valence-electron chi connectivity index (χ0n) is 19.6. The number of hydrogen-bond donors (Lipinski definition) is 2. The van der Waals surface area contributed by atoms with Gasteiger partial charge in [0.25, 0.3) is 0 Å². The lowest BCUT2D eigenvalue weighted by Gasteiger charge is -2.35. The Kier molecular flexibility index (Phi) is 8.79. The van der Waals surface area contributed by atoms with Crippen LogP contribution < -0.4 is 10.6 Å². The number of hydrogen-bond acceptors (Lipinski definition) is 4. The molecule has 0 radical (unpaired) electrons. The molecule has 1 fully saturated rings. The summed E-state index contributed by atoms with van der Waals surface area (Å²) in [5, 5.41) is 5.15. The van der Waals surface area contributed by atoms with E-state index in [4.69, 9.17) is 0 Å². The van der Waals surface area contributed by atoms with Crippen LogP contribution in [0.5, 0.6) is 0 Å². The van der Waals surface area contributed by atoms with Gasteiger partial charge in [0, 0.05) is 25.7 Å². The van der Waals surface area contributed by atoms with Crippen molar-refractivity contribution in [1.82, 2.24) is 14.9 Å². The third-order valence-electron chi connectivity index (χ3n) is 6.09. The van der Waals surface area contributed by atoms with E-state index in [0.717, 1.165) is 24.0 Å². The van der Waals surface area contributed by atoms with Gasteiger partial charge in [-0.25, -0.2) is 12.8 Å². The summed E-state index contributed by atoms with van der Waals surface area (Å²) in [6.45, 7) is 4.56. The molecule has 0 spiro atoms. The van der Waals surface area contributed by atoms with Gasteiger partial charge in [0.05, 0.1) is 4.90 Å². The number of amides is 2. The van der Waals surface area contributed by atoms with Crippen molar-refractivity contribution in [2.24, 2.45) is 0 Å². The Morgan fingerprint density at radius 3 is 2.38 bits per heavy atom. The summed E-state index contributed by atoms with van der Waals surface area (Å²) >= 11 is 0. The van der Waals surface area contributed by atoms with Gasteiger partial charge in [-0.2, -0.15) is 4.31 Å². The van der Waals surface area contributed by atoms with Crippen LogP contribution in [-0.2, 0) is 26.0 Å². The predicted molar refractivity (Wildman–Crippen MR) is 128 cm³/mol. The molecule has 0 aromatic heterocycles. The van der Waals surface area contributed by atoms with Crippen molar-refractivity contribution in [2.45, 2.75) is 56.9 Å². The first-order valence-corrected chi connectivity index (χ1v) is 13.0. The maximum atomic E-state index is 13.4. The third kappa shape index (κ3) is 6.64. The smallest absolute Gasteiger partial charge is 0.309 e. The Morgan fingerprint density at radius 2 is 1.68 bits per heavy atom. The van der Waals surface area contributed by atoms with Gasteiger partial charge >= 0.3 is 11.8 Å². The summed E-state index contributed by atoms with van der Waals surface area (Å²) < 4.78 is 41.3. The highest BCUT2D eigenvalue weighted by molar-refractivity contribution is 7.89. The van der Waals surface area contributed by atoms with E-state index < -0.39 is 21.8 Å². The normalized spacial score (nSPS) is 16.7. The number of halogens is 1. The molecule has 34 heavy (non-hydrogen) atoms. The number of piperidine rings is 1. The Hall–Kier alpha value is -2.78. The minimum Gasteiger partial charge on any atom is -0.348 e. The molecule has 2 amide bonds. The van der Waals surface area contributed by atoms with Crippen molar-refractivity contribution in [3.63, 3.8) is 0 Å². The minimum absolute atomic E-state index is 0.202. The topological polar surface area (TPSA) is 95.6 Å². The van der Waals surface area contributed by atoms with Crippen LogP contribution in [0.15, 0.2) is 47.4 Å². The highest BCUT2D eigenvalue weighted by Crippen LogP contribution is 2.29. The number of benzene rings is 2. The maximum absolute atomic E-state index is 13.4. The summed E-state index contributed by atoms with van der Waals surface area (Å²) in [7, 11) is -3.65. The molecule has 0 saturated carbocycles. The maximum Gasteiger partial charge on any atom is 0.309 e. The number of rotatable bonds is 8. The SMILES string of the molecule is Cc1ccc(C)c(S(=O)(=O)N2CCCC[C@@H]2CCNC(=O)C(=O)NCCc2ccc(F)cc2)c1. The molecule has 1 heterocycles. The average molecular weight is 490 g/mol. The molecule has 3 rings (SSSR count). The Morgan fingerprint density at radius 1 is 1.00 bits per heavy atom. The number of carbonyl (C=O) groups is 2. The predicted octanol–water partition coefficient (Wildman–Crippen LogP) is 2.85. The van der Waals surface area contributed by atoms with Gasteiger partial charge in [0.1, 0.15) is 5.82 Å². The summed E-state index contributed by atoms with van der Waals surface area (Å²) in [6, 6.07) is 11.1. The Labute approximate surface area is 200 Å². The van der Waals surface area contributed by atoms with E-state index in [1.807, 2.05) is 19.1 Å². The molecule has 2 N–H and O–H groups in total. The molecule has 0 unspecified atom stereocenters. The molecule has 1 atom stereocenters. The first-order chi connectivity index (χ1) is 16.2. The van der Waals surface area contributed by atoms with Gasteiger partial charge in [0.15, 0.2) is 0 Å². The molecular formula is C25H32FN3O4S. The molecule has 1 aliphatic rings. The minimum atomic E-state index is -3.65. The lowest BCUT2D eigenvalue weighted by Crippen LogP contribution is -2.46. The summed E-state index contributed by atoms with van der Waals surface area (Å²) in [5.41, 5.74) is 2.44. The van der Waals surface area contributed by atoms with Crippen LogP contribution in [0, 0.1) is 19.7 Å². The van der Waals surface area contributed by atoms with Crippen LogP contribution in [0.2, 0.25) is 0 Å². The fourth-order valence-electron chi connectivity index (χ4n) is 4.17. The van der Waals surface area contributed by atoms with Crippen molar-refractivity contribution in [3.8, 4) is 0 Å². The fraction of sp³-hybridized carbons (Fsp3) is 0.440. The Bertz CT molecular complexity index is 1120. The first kappa shape index (κ1) is 25.8. The van der Waals surface area contributed by atoms with E-state index in [0.29, 0.717) is 36.3 Å². The van der Waals surface area contributed by atoms with Gasteiger partial charge in [-0.1, -0.05) is 30.7 Å². The molecule has 1 saturated heterocycles. The molecule has 184 valence electrons. The zero-order chi connectivity index (χ0) is 24.7. The molecule has 2 aromatic carbocycles. The van der Waals surface area contributed by atoms with Crippen molar-refractivity contribution in [3.05, 3.63) is 65.0 Å². The van der Waals surface area contributed by atoms with E-state index in [-0.39, 0.29) is 24.9 Å². The van der Waals surface area contributed by atoms with Crippen molar-refractivity contribution in [1.29, 1.82) is 0 Å². The monoisotopic (exact) mass is 489 g/mol. The van der Waals surface area contributed by atoms with Gasteiger partial charge in [-0.3, -0.25) is 9.59 Å². The van der Waals surface area contributed by atoms with Crippen LogP contribution in [0.3, 0.4) is 0 Å². The average Bonchev–Trinajstić information content (AvgIpc) is 2.82. The van der Waals surface area contributed by atoms with Crippen molar-refractivity contribution < 1.29 is 22.4 Å². The van der Waals surface area contributed by atoms with Crippen LogP contribution in [0.1, 0.15) is 42.4 Å². The quantitative estimate of drug-likeness (QED) is 0.558. The molecule has 0 bridgehead atoms. The number of aryl methyl sites for hydroxylation is 2. The summed E-state index contributed by atoms with van der Waals surface area (Å²) in [6.07, 6.45) is 3.33. The standard InChI is InChI=1S/C25H32FN3O4S/c1-18-6-7-19(2)23(17-18)34(32,33)29-16-4-3-5-22(29)13-15-28-25(31)24(30)27-14-12-20-8-10-21(26)11-9-20/h6-11,17,22H,3-5,12-16H2,1-2H3,(H,27,30)(H,28,31)/t22-/m1/s1. The van der Waals surface area contributed by atoms with Crippen LogP contribution >= 0.6 is 0 Å². The summed E-state index contributed by atoms with van der Waals surface area (Å²) in [4.78, 5) is 24.5. The molecule has 0 aliphatic carbocycles. The Balaban J connectivity index is 1.51. The summed E-state index contributed by atoms with van der Waals surface area (Å²) in [5.74, 6) is -1.82. The van der Waals surface area contributed by atoms with E-state index in [1.165, 1.54) is 12.1 Å². The highest BCUT2D eigenvalue weighted by atomic mass is 32.2. The fourth-order valence-corrected chi connectivity index (χ4v) is 6.21. The number of nitrogens with zero attached hydrogens (tertiary/aromatic N) is 1. The van der Waals surface area contributed by atoms with Gasteiger partial charge in [-0.05, 0) is 74.4 Å². The highest BCUT2D eigenvalue weighted by Gasteiger charge is 2.34. The molecule has 7 nitrogen and oxygen atoms in total. The second-order valence-corrected chi connectivity index (χ2v) is 10.6. The number of carbonyl (C=O) groups excluding carboxylic acids is 2. The second kappa shape index (κ2) is 11.6. The van der Waals surface area contributed by atoms with Gasteiger partial charge < -0.3 is 10.6 Å². The van der Waals surface area contributed by atoms with E-state index >= 15 is 0 Å². The van der Waals surface area contributed by atoms with Crippen LogP contribution in [-0.4, -0.2) is 50.2 Å². The lowest BCUT2D eigenvalue weighted by molar-refractivity contribution is -0.139. The van der Waals surface area contributed by atoms with Crippen LogP contribution in [0.4, 0.5) is 4.39 Å². The van der Waals surface area contributed by atoms with Crippen molar-refractivity contribution in [2.75, 3.05) is 19.6 Å². The first-order valence-electron chi connectivity index (χ1n) is 11.6. The zero-order valence-corrected chi connectivity index (χ0v) is 20.5. The molecule has 9 heteroatoms. The molecule has 1 aliphatic heterocycles. The number of sulfonamides is 1. The van der Waals surface area contributed by atoms with Gasteiger partial charge in [-0.15, -0.1) is 0 Å². The molecule has 2 aromatic rings. The molecular weight excluding hydrogens is 457 g/mol. The number of nitrogens with one attached hydrogen (secondary N) is 2. The van der Waals surface area contributed by atoms with Crippen LogP contribution in [0.25, 0.3) is 0 Å². The van der Waals surface area contributed by atoms with E-state index in [9.17, 15) is 22.4 Å². The lowest BCUT2D eigenvalue weighted by atomic mass is 10.0. The third-order valence-corrected chi connectivity index (χ3v) is 8.18. The van der Waals surface area contributed by atoms with Gasteiger partial charge in [0.2, 0.25) is 10.0 Å². The van der Waals surface area contributed by atoms with Crippen molar-refractivity contribution >= 4 is 21.8 Å². The second-order valence-electron chi connectivity index (χ2n) is 8.71.